The SMILES string of the molecule is CC(C)C(NCc1cccn1C)C(=O)O. The zero-order chi connectivity index (χ0) is 11.4. The number of aliphatic carboxylic acids is 1. The van der Waals surface area contributed by atoms with Crippen LogP contribution >= 0.6 is 0 Å². The van der Waals surface area contributed by atoms with Gasteiger partial charge < -0.3 is 9.67 Å². The molecular formula is C11H18N2O2. The highest BCUT2D eigenvalue weighted by Crippen LogP contribution is 2.04. The Morgan fingerprint density at radius 3 is 2.67 bits per heavy atom. The van der Waals surface area contributed by atoms with Crippen molar-refractivity contribution in [3.05, 3.63) is 24.0 Å². The number of nitrogens with one attached hydrogen (secondary N) is 1. The molecule has 84 valence electrons. The van der Waals surface area contributed by atoms with Gasteiger partial charge in [0.1, 0.15) is 6.04 Å². The van der Waals surface area contributed by atoms with Crippen LogP contribution in [0, 0.1) is 5.92 Å². The zero-order valence-corrected chi connectivity index (χ0v) is 9.40. The van der Waals surface area contributed by atoms with Crippen molar-refractivity contribution >= 4 is 5.97 Å². The lowest BCUT2D eigenvalue weighted by atomic mass is 10.0. The molecule has 1 aromatic rings. The predicted octanol–water partition coefficient (Wildman–Crippen LogP) is 1.22. The van der Waals surface area contributed by atoms with Crippen LogP contribution in [-0.4, -0.2) is 21.7 Å². The lowest BCUT2D eigenvalue weighted by molar-refractivity contribution is -0.140. The number of carbonyl (C=O) groups is 1. The average Bonchev–Trinajstić information content (AvgIpc) is 2.51. The molecule has 0 aliphatic heterocycles. The van der Waals surface area contributed by atoms with Crippen LogP contribution in [0.15, 0.2) is 18.3 Å². The summed E-state index contributed by atoms with van der Waals surface area (Å²) in [7, 11) is 1.95. The average molecular weight is 210 g/mol. The molecule has 0 amide bonds. The minimum Gasteiger partial charge on any atom is -0.480 e. The van der Waals surface area contributed by atoms with Crippen LogP contribution in [0.3, 0.4) is 0 Å². The first-order chi connectivity index (χ1) is 7.02. The number of aryl methyl sites for hydroxylation is 1. The second kappa shape index (κ2) is 4.98. The minimum absolute atomic E-state index is 0.0859. The van der Waals surface area contributed by atoms with E-state index in [9.17, 15) is 4.79 Å². The van der Waals surface area contributed by atoms with Crippen molar-refractivity contribution in [2.24, 2.45) is 13.0 Å². The highest BCUT2D eigenvalue weighted by Gasteiger charge is 2.20. The summed E-state index contributed by atoms with van der Waals surface area (Å²) >= 11 is 0. The first-order valence-electron chi connectivity index (χ1n) is 5.08. The normalized spacial score (nSPS) is 13.1. The molecule has 0 spiro atoms. The standard InChI is InChI=1S/C11H18N2O2/c1-8(2)10(11(14)15)12-7-9-5-4-6-13(9)3/h4-6,8,10,12H,7H2,1-3H3,(H,14,15). The molecule has 0 bridgehead atoms. The number of hydrogen-bond donors (Lipinski definition) is 2. The maximum absolute atomic E-state index is 10.9. The monoisotopic (exact) mass is 210 g/mol. The van der Waals surface area contributed by atoms with Crippen LogP contribution in [0.1, 0.15) is 19.5 Å². The van der Waals surface area contributed by atoms with Gasteiger partial charge in [-0.3, -0.25) is 10.1 Å². The predicted molar refractivity (Wildman–Crippen MR) is 58.5 cm³/mol. The topological polar surface area (TPSA) is 54.3 Å². The fraction of sp³-hybridized carbons (Fsp3) is 0.545. The fourth-order valence-corrected chi connectivity index (χ4v) is 1.50. The molecule has 1 rings (SSSR count). The van der Waals surface area contributed by atoms with Crippen LogP contribution in [0.25, 0.3) is 0 Å². The van der Waals surface area contributed by atoms with Crippen molar-refractivity contribution < 1.29 is 9.90 Å². The Morgan fingerprint density at radius 1 is 1.60 bits per heavy atom. The first kappa shape index (κ1) is 11.8. The van der Waals surface area contributed by atoms with Gasteiger partial charge in [-0.05, 0) is 18.1 Å². The number of aromatic nitrogens is 1. The van der Waals surface area contributed by atoms with Crippen LogP contribution in [0.2, 0.25) is 0 Å². The second-order valence-electron chi connectivity index (χ2n) is 4.05. The summed E-state index contributed by atoms with van der Waals surface area (Å²) in [5.41, 5.74) is 1.09. The third kappa shape index (κ3) is 3.09. The van der Waals surface area contributed by atoms with Gasteiger partial charge in [-0.15, -0.1) is 0 Å². The van der Waals surface area contributed by atoms with E-state index in [0.29, 0.717) is 6.54 Å². The molecule has 0 aromatic carbocycles. The van der Waals surface area contributed by atoms with Crippen molar-refractivity contribution in [3.8, 4) is 0 Å². The summed E-state index contributed by atoms with van der Waals surface area (Å²) in [6, 6.07) is 3.44. The van der Waals surface area contributed by atoms with E-state index in [2.05, 4.69) is 5.32 Å². The van der Waals surface area contributed by atoms with Gasteiger partial charge in [-0.1, -0.05) is 13.8 Å². The Morgan fingerprint density at radius 2 is 2.27 bits per heavy atom. The summed E-state index contributed by atoms with van der Waals surface area (Å²) < 4.78 is 1.98. The van der Waals surface area contributed by atoms with Crippen molar-refractivity contribution in [2.75, 3.05) is 0 Å². The molecule has 15 heavy (non-hydrogen) atoms. The number of rotatable bonds is 5. The maximum Gasteiger partial charge on any atom is 0.320 e. The minimum atomic E-state index is -0.792. The van der Waals surface area contributed by atoms with Gasteiger partial charge in [0.15, 0.2) is 0 Å². The number of hydrogen-bond acceptors (Lipinski definition) is 2. The van der Waals surface area contributed by atoms with E-state index < -0.39 is 12.0 Å². The quantitative estimate of drug-likeness (QED) is 0.768. The molecule has 1 unspecified atom stereocenters. The Hall–Kier alpha value is -1.29. The Balaban J connectivity index is 2.55. The molecular weight excluding hydrogens is 192 g/mol. The maximum atomic E-state index is 10.9. The molecule has 4 heteroatoms. The van der Waals surface area contributed by atoms with Gasteiger partial charge in [0.25, 0.3) is 0 Å². The third-order valence-corrected chi connectivity index (χ3v) is 2.49. The molecule has 1 atom stereocenters. The van der Waals surface area contributed by atoms with E-state index in [1.165, 1.54) is 0 Å². The largest absolute Gasteiger partial charge is 0.480 e. The molecule has 2 N–H and O–H groups in total. The molecule has 0 radical (unpaired) electrons. The van der Waals surface area contributed by atoms with Gasteiger partial charge in [-0.2, -0.15) is 0 Å². The van der Waals surface area contributed by atoms with Gasteiger partial charge in [0.2, 0.25) is 0 Å². The summed E-state index contributed by atoms with van der Waals surface area (Å²) in [4.78, 5) is 10.9. The Kier molecular flexibility index (Phi) is 3.91. The van der Waals surface area contributed by atoms with Gasteiger partial charge >= 0.3 is 5.97 Å². The molecule has 1 heterocycles. The lowest BCUT2D eigenvalue weighted by Crippen LogP contribution is -2.40. The number of carboxylic acids is 1. The van der Waals surface area contributed by atoms with E-state index in [1.807, 2.05) is 43.8 Å². The van der Waals surface area contributed by atoms with Crippen LogP contribution in [0.4, 0.5) is 0 Å². The molecule has 4 nitrogen and oxygen atoms in total. The number of carboxylic acid groups (broad SMARTS) is 1. The Bertz CT molecular complexity index is 331. The molecule has 0 fully saturated rings. The van der Waals surface area contributed by atoms with Gasteiger partial charge in [0, 0.05) is 25.5 Å². The second-order valence-corrected chi connectivity index (χ2v) is 4.05. The van der Waals surface area contributed by atoms with Crippen molar-refractivity contribution in [1.82, 2.24) is 9.88 Å². The van der Waals surface area contributed by atoms with Crippen LogP contribution in [0.5, 0.6) is 0 Å². The van der Waals surface area contributed by atoms with E-state index in [-0.39, 0.29) is 5.92 Å². The van der Waals surface area contributed by atoms with Crippen LogP contribution < -0.4 is 5.32 Å². The van der Waals surface area contributed by atoms with Crippen LogP contribution in [-0.2, 0) is 18.4 Å². The first-order valence-corrected chi connectivity index (χ1v) is 5.08. The van der Waals surface area contributed by atoms with Crippen molar-refractivity contribution in [3.63, 3.8) is 0 Å². The van der Waals surface area contributed by atoms with E-state index >= 15 is 0 Å². The third-order valence-electron chi connectivity index (χ3n) is 2.49. The fourth-order valence-electron chi connectivity index (χ4n) is 1.50. The molecule has 1 aromatic heterocycles. The van der Waals surface area contributed by atoms with Crippen molar-refractivity contribution in [2.45, 2.75) is 26.4 Å². The summed E-state index contributed by atoms with van der Waals surface area (Å²) in [6.07, 6.45) is 1.95. The highest BCUT2D eigenvalue weighted by atomic mass is 16.4. The zero-order valence-electron chi connectivity index (χ0n) is 9.40. The van der Waals surface area contributed by atoms with E-state index in [4.69, 9.17) is 5.11 Å². The Labute approximate surface area is 89.9 Å². The van der Waals surface area contributed by atoms with Gasteiger partial charge in [-0.25, -0.2) is 0 Å². The van der Waals surface area contributed by atoms with E-state index in [0.717, 1.165) is 5.69 Å². The van der Waals surface area contributed by atoms with Gasteiger partial charge in [0.05, 0.1) is 0 Å². The lowest BCUT2D eigenvalue weighted by Gasteiger charge is -2.18. The summed E-state index contributed by atoms with van der Waals surface area (Å²) in [5, 5.41) is 12.0. The van der Waals surface area contributed by atoms with Crippen molar-refractivity contribution in [1.29, 1.82) is 0 Å². The molecule has 0 aliphatic carbocycles. The number of nitrogens with zero attached hydrogens (tertiary/aromatic N) is 1. The highest BCUT2D eigenvalue weighted by molar-refractivity contribution is 5.73. The smallest absolute Gasteiger partial charge is 0.320 e. The summed E-state index contributed by atoms with van der Waals surface area (Å²) in [5.74, 6) is -0.707. The summed E-state index contributed by atoms with van der Waals surface area (Å²) in [6.45, 7) is 4.38. The van der Waals surface area contributed by atoms with E-state index in [1.54, 1.807) is 0 Å². The molecule has 0 saturated carbocycles. The molecule has 0 aliphatic rings. The molecule has 0 saturated heterocycles.